The zero-order valence-corrected chi connectivity index (χ0v) is 22.9. The van der Waals surface area contributed by atoms with Gasteiger partial charge in [0, 0.05) is 31.0 Å². The van der Waals surface area contributed by atoms with E-state index in [0.29, 0.717) is 38.2 Å². The largest absolute Gasteiger partial charge is 0.488 e. The summed E-state index contributed by atoms with van der Waals surface area (Å²) in [6.45, 7) is 4.57. The van der Waals surface area contributed by atoms with Crippen LogP contribution in [0.5, 0.6) is 5.75 Å². The normalized spacial score (nSPS) is 26.4. The van der Waals surface area contributed by atoms with E-state index < -0.39 is 46.3 Å². The zero-order valence-electron chi connectivity index (χ0n) is 22.9. The molecule has 218 valence electrons. The van der Waals surface area contributed by atoms with Gasteiger partial charge in [-0.2, -0.15) is 0 Å². The fourth-order valence-corrected chi connectivity index (χ4v) is 5.56. The molecule has 1 saturated heterocycles. The van der Waals surface area contributed by atoms with Gasteiger partial charge in [0.25, 0.3) is 5.91 Å². The molecule has 2 aliphatic rings. The molecule has 3 aromatic rings. The molecule has 0 radical (unpaired) electrons. The van der Waals surface area contributed by atoms with Gasteiger partial charge in [0.1, 0.15) is 40.7 Å². The minimum absolute atomic E-state index is 0.0454. The van der Waals surface area contributed by atoms with Gasteiger partial charge in [-0.1, -0.05) is 6.92 Å². The lowest BCUT2D eigenvalue weighted by molar-refractivity contribution is -0.0463. The van der Waals surface area contributed by atoms with E-state index in [1.54, 1.807) is 19.2 Å². The standard InChI is InChI=1S/C30H33F3N4O4/c1-16-10-17(11-26(34)30(16,2)39)20-7-8-35-14-25(20)37-29(38)24-6-5-21(31)28(36-24)27-22(32)12-19(13-23(27)33)41-18-4-3-9-40-15-18/h5-8,12-14,16-18,26,39H,3-4,9-11,15,34H2,1-2H3,(H,37,38)/t16-,17+,18+,26+,30+/m0/s1. The van der Waals surface area contributed by atoms with Crippen molar-refractivity contribution in [3.63, 3.8) is 0 Å². The molecule has 5 rings (SSSR count). The van der Waals surface area contributed by atoms with Crippen LogP contribution in [0.1, 0.15) is 61.5 Å². The summed E-state index contributed by atoms with van der Waals surface area (Å²) in [6, 6.07) is 5.32. The number of nitrogens with one attached hydrogen (secondary N) is 1. The van der Waals surface area contributed by atoms with Gasteiger partial charge in [0.15, 0.2) is 0 Å². The van der Waals surface area contributed by atoms with Crippen molar-refractivity contribution in [2.75, 3.05) is 18.5 Å². The summed E-state index contributed by atoms with van der Waals surface area (Å²) in [4.78, 5) is 21.3. The molecule has 8 nitrogen and oxygen atoms in total. The van der Waals surface area contributed by atoms with Crippen LogP contribution in [0.15, 0.2) is 42.7 Å². The zero-order chi connectivity index (χ0) is 29.3. The van der Waals surface area contributed by atoms with E-state index in [9.17, 15) is 14.3 Å². The van der Waals surface area contributed by atoms with E-state index in [1.807, 2.05) is 6.92 Å². The van der Waals surface area contributed by atoms with E-state index in [4.69, 9.17) is 15.2 Å². The Bertz CT molecular complexity index is 1390. The molecule has 5 atom stereocenters. The van der Waals surface area contributed by atoms with E-state index in [-0.39, 0.29) is 29.4 Å². The molecule has 4 N–H and O–H groups in total. The van der Waals surface area contributed by atoms with E-state index in [2.05, 4.69) is 15.3 Å². The van der Waals surface area contributed by atoms with Gasteiger partial charge in [0.2, 0.25) is 0 Å². The van der Waals surface area contributed by atoms with E-state index in [1.165, 1.54) is 6.20 Å². The van der Waals surface area contributed by atoms with Gasteiger partial charge in [-0.05, 0) is 68.2 Å². The molecule has 0 bridgehead atoms. The quantitative estimate of drug-likeness (QED) is 0.383. The lowest BCUT2D eigenvalue weighted by Crippen LogP contribution is -2.54. The molecule has 41 heavy (non-hydrogen) atoms. The number of benzene rings is 1. The molecule has 1 aliphatic heterocycles. The van der Waals surface area contributed by atoms with Crippen LogP contribution in [-0.2, 0) is 4.74 Å². The molecule has 1 saturated carbocycles. The van der Waals surface area contributed by atoms with Crippen molar-refractivity contribution in [1.82, 2.24) is 9.97 Å². The Morgan fingerprint density at radius 3 is 2.61 bits per heavy atom. The highest BCUT2D eigenvalue weighted by Crippen LogP contribution is 2.43. The highest BCUT2D eigenvalue weighted by Gasteiger charge is 2.42. The first kappa shape index (κ1) is 29.0. The third kappa shape index (κ3) is 6.07. The molecule has 3 heterocycles. The molecule has 11 heteroatoms. The summed E-state index contributed by atoms with van der Waals surface area (Å²) in [5, 5.41) is 13.4. The fourth-order valence-electron chi connectivity index (χ4n) is 5.56. The predicted octanol–water partition coefficient (Wildman–Crippen LogP) is 4.96. The highest BCUT2D eigenvalue weighted by molar-refractivity contribution is 6.03. The van der Waals surface area contributed by atoms with E-state index in [0.717, 1.165) is 36.2 Å². The summed E-state index contributed by atoms with van der Waals surface area (Å²) >= 11 is 0. The van der Waals surface area contributed by atoms with Crippen LogP contribution in [-0.4, -0.2) is 51.9 Å². The number of nitrogens with zero attached hydrogens (tertiary/aromatic N) is 2. The average molecular weight is 571 g/mol. The number of aliphatic hydroxyl groups is 1. The molecule has 1 aliphatic carbocycles. The third-order valence-corrected chi connectivity index (χ3v) is 8.22. The van der Waals surface area contributed by atoms with Gasteiger partial charge in [0.05, 0.1) is 29.7 Å². The molecule has 1 amide bonds. The van der Waals surface area contributed by atoms with Gasteiger partial charge in [-0.3, -0.25) is 9.78 Å². The number of carbonyl (C=O) groups excluding carboxylic acids is 1. The summed E-state index contributed by atoms with van der Waals surface area (Å²) in [6.07, 6.45) is 5.33. The van der Waals surface area contributed by atoms with Crippen molar-refractivity contribution < 1.29 is 32.5 Å². The molecular formula is C30H33F3N4O4. The van der Waals surface area contributed by atoms with Crippen molar-refractivity contribution >= 4 is 11.6 Å². The Kier molecular flexibility index (Phi) is 8.30. The summed E-state index contributed by atoms with van der Waals surface area (Å²) in [7, 11) is 0. The number of halogens is 3. The maximum atomic E-state index is 15.1. The topological polar surface area (TPSA) is 120 Å². The number of hydrogen-bond acceptors (Lipinski definition) is 7. The van der Waals surface area contributed by atoms with E-state index >= 15 is 8.78 Å². The van der Waals surface area contributed by atoms with Crippen molar-refractivity contribution in [1.29, 1.82) is 0 Å². The summed E-state index contributed by atoms with van der Waals surface area (Å²) < 4.78 is 56.0. The summed E-state index contributed by atoms with van der Waals surface area (Å²) in [5.74, 6) is -4.04. The predicted molar refractivity (Wildman–Crippen MR) is 146 cm³/mol. The number of nitrogens with two attached hydrogens (primary N) is 1. The minimum atomic E-state index is -1.08. The molecule has 1 aromatic carbocycles. The van der Waals surface area contributed by atoms with Crippen molar-refractivity contribution in [2.45, 2.75) is 63.2 Å². The highest BCUT2D eigenvalue weighted by atomic mass is 19.1. The van der Waals surface area contributed by atoms with Crippen LogP contribution < -0.4 is 15.8 Å². The first-order valence-electron chi connectivity index (χ1n) is 13.7. The number of hydrogen-bond donors (Lipinski definition) is 3. The van der Waals surface area contributed by atoms with Crippen LogP contribution >= 0.6 is 0 Å². The van der Waals surface area contributed by atoms with Gasteiger partial charge in [-0.15, -0.1) is 0 Å². The lowest BCUT2D eigenvalue weighted by Gasteiger charge is -2.44. The second kappa shape index (κ2) is 11.8. The number of rotatable bonds is 6. The van der Waals surface area contributed by atoms with Crippen LogP contribution in [0.25, 0.3) is 11.3 Å². The van der Waals surface area contributed by atoms with Gasteiger partial charge >= 0.3 is 0 Å². The SMILES string of the molecule is C[C@H]1C[C@@H](c2ccncc2NC(=O)c2ccc(F)c(-c3c(F)cc(O[C@@H]4CCCOC4)cc3F)n2)C[C@@H](N)[C@]1(C)O. The Labute approximate surface area is 236 Å². The lowest BCUT2D eigenvalue weighted by atomic mass is 9.68. The Balaban J connectivity index is 1.38. The second-order valence-electron chi connectivity index (χ2n) is 11.1. The number of ether oxygens (including phenoxy) is 2. The molecule has 0 unspecified atom stereocenters. The van der Waals surface area contributed by atoms with Crippen LogP contribution in [0.4, 0.5) is 18.9 Å². The molecular weight excluding hydrogens is 537 g/mol. The van der Waals surface area contributed by atoms with Crippen molar-refractivity contribution in [2.24, 2.45) is 11.7 Å². The minimum Gasteiger partial charge on any atom is -0.488 e. The second-order valence-corrected chi connectivity index (χ2v) is 11.1. The Morgan fingerprint density at radius 1 is 1.17 bits per heavy atom. The van der Waals surface area contributed by atoms with Crippen LogP contribution in [0.3, 0.4) is 0 Å². The third-order valence-electron chi connectivity index (χ3n) is 8.22. The maximum Gasteiger partial charge on any atom is 0.274 e. The number of anilines is 1. The van der Waals surface area contributed by atoms with Crippen LogP contribution in [0, 0.1) is 23.4 Å². The van der Waals surface area contributed by atoms with Crippen molar-refractivity contribution in [3.05, 3.63) is 71.4 Å². The maximum absolute atomic E-state index is 15.1. The smallest absolute Gasteiger partial charge is 0.274 e. The average Bonchev–Trinajstić information content (AvgIpc) is 2.93. The summed E-state index contributed by atoms with van der Waals surface area (Å²) in [5.41, 5.74) is 4.85. The number of pyridine rings is 2. The van der Waals surface area contributed by atoms with Gasteiger partial charge in [-0.25, -0.2) is 18.2 Å². The monoisotopic (exact) mass is 570 g/mol. The number of aromatic nitrogens is 2. The Hall–Kier alpha value is -3.54. The molecule has 0 spiro atoms. The fraction of sp³-hybridized carbons (Fsp3) is 0.433. The van der Waals surface area contributed by atoms with Crippen LogP contribution in [0.2, 0.25) is 0 Å². The van der Waals surface area contributed by atoms with Crippen molar-refractivity contribution in [3.8, 4) is 17.0 Å². The first-order valence-corrected chi connectivity index (χ1v) is 13.7. The first-order chi connectivity index (χ1) is 19.5. The number of carbonyl (C=O) groups is 1. The van der Waals surface area contributed by atoms with Gasteiger partial charge < -0.3 is 25.6 Å². The number of amides is 1. The molecule has 2 aromatic heterocycles. The Morgan fingerprint density at radius 2 is 1.93 bits per heavy atom. The molecule has 2 fully saturated rings.